The number of aryl methyl sites for hydroxylation is 1. The van der Waals surface area contributed by atoms with Crippen LogP contribution in [0.1, 0.15) is 34.0 Å². The molecule has 3 aromatic rings. The Balaban J connectivity index is 1.66. The average molecular weight is 526 g/mol. The van der Waals surface area contributed by atoms with E-state index in [1.165, 1.54) is 16.7 Å². The number of anilines is 2. The van der Waals surface area contributed by atoms with Gasteiger partial charge in [0.15, 0.2) is 0 Å². The van der Waals surface area contributed by atoms with Crippen LogP contribution >= 0.6 is 11.8 Å². The molecule has 0 aromatic heterocycles. The third-order valence-corrected chi connectivity index (χ3v) is 7.52. The lowest BCUT2D eigenvalue weighted by atomic mass is 10.1. The molecule has 1 heterocycles. The number of esters is 1. The van der Waals surface area contributed by atoms with Crippen molar-refractivity contribution in [2.75, 3.05) is 16.8 Å². The first-order chi connectivity index (χ1) is 18.3. The summed E-state index contributed by atoms with van der Waals surface area (Å²) in [5.41, 5.74) is 4.25. The Morgan fingerprint density at radius 2 is 1.74 bits per heavy atom. The summed E-state index contributed by atoms with van der Waals surface area (Å²) in [6.45, 7) is 5.88. The summed E-state index contributed by atoms with van der Waals surface area (Å²) in [7, 11) is 0. The number of nitriles is 1. The highest BCUT2D eigenvalue weighted by Gasteiger charge is 2.40. The lowest BCUT2D eigenvalue weighted by Gasteiger charge is -2.19. The molecule has 38 heavy (non-hydrogen) atoms. The van der Waals surface area contributed by atoms with E-state index in [0.717, 1.165) is 16.7 Å². The molecule has 1 atom stereocenters. The van der Waals surface area contributed by atoms with Crippen LogP contribution in [0.25, 0.3) is 0 Å². The van der Waals surface area contributed by atoms with E-state index >= 15 is 0 Å². The highest BCUT2D eigenvalue weighted by Crippen LogP contribution is 2.42. The number of nitrogens with one attached hydrogen (secondary N) is 1. The minimum absolute atomic E-state index is 0.131. The number of thioether (sulfide) groups is 1. The van der Waals surface area contributed by atoms with Crippen molar-refractivity contribution in [3.8, 4) is 6.07 Å². The summed E-state index contributed by atoms with van der Waals surface area (Å²) in [6, 6.07) is 23.5. The summed E-state index contributed by atoms with van der Waals surface area (Å²) in [4.78, 5) is 40.4. The molecule has 1 aliphatic rings. The van der Waals surface area contributed by atoms with Crippen molar-refractivity contribution in [3.05, 3.63) is 106 Å². The van der Waals surface area contributed by atoms with Crippen LogP contribution in [-0.4, -0.2) is 29.6 Å². The first-order valence-corrected chi connectivity index (χ1v) is 13.1. The van der Waals surface area contributed by atoms with Crippen LogP contribution in [0.3, 0.4) is 0 Å². The maximum atomic E-state index is 13.6. The molecule has 0 spiro atoms. The van der Waals surface area contributed by atoms with E-state index < -0.39 is 17.1 Å². The number of nitrogens with zero attached hydrogens (tertiary/aromatic N) is 2. The van der Waals surface area contributed by atoms with Gasteiger partial charge in [0.2, 0.25) is 5.91 Å². The Bertz CT molecular complexity index is 1440. The fourth-order valence-corrected chi connectivity index (χ4v) is 5.38. The molecule has 3 aromatic carbocycles. The van der Waals surface area contributed by atoms with Gasteiger partial charge < -0.3 is 10.1 Å². The van der Waals surface area contributed by atoms with Gasteiger partial charge in [0, 0.05) is 11.4 Å². The standard InChI is InChI=1S/C30H27N3O4S/c1-4-37-30(36)22-15-13-21(14-16-22)17-26-28(35)33(23-10-6-5-7-11-23)29(38-26)24(18-31)27(34)32-25-12-8-9-19(2)20(25)3/h5-16,26H,4,17H2,1-3H3,(H,32,34)/b29-24-/t26-/m0/s1. The zero-order valence-corrected chi connectivity index (χ0v) is 22.2. The van der Waals surface area contributed by atoms with Crippen LogP contribution in [0.5, 0.6) is 0 Å². The Kier molecular flexibility index (Phi) is 8.29. The largest absolute Gasteiger partial charge is 0.462 e. The van der Waals surface area contributed by atoms with Crippen molar-refractivity contribution in [2.24, 2.45) is 0 Å². The minimum Gasteiger partial charge on any atom is -0.462 e. The maximum absolute atomic E-state index is 13.6. The molecule has 0 bridgehead atoms. The zero-order valence-electron chi connectivity index (χ0n) is 21.4. The lowest BCUT2D eigenvalue weighted by Crippen LogP contribution is -2.30. The highest BCUT2D eigenvalue weighted by molar-refractivity contribution is 8.05. The van der Waals surface area contributed by atoms with Gasteiger partial charge in [-0.05, 0) is 74.2 Å². The van der Waals surface area contributed by atoms with Crippen molar-refractivity contribution in [2.45, 2.75) is 32.4 Å². The van der Waals surface area contributed by atoms with Gasteiger partial charge in [-0.25, -0.2) is 4.79 Å². The fraction of sp³-hybridized carbons (Fsp3) is 0.200. The Labute approximate surface area is 226 Å². The van der Waals surface area contributed by atoms with Crippen molar-refractivity contribution in [1.82, 2.24) is 0 Å². The second kappa shape index (κ2) is 11.8. The van der Waals surface area contributed by atoms with E-state index in [-0.39, 0.29) is 18.1 Å². The lowest BCUT2D eigenvalue weighted by molar-refractivity contribution is -0.117. The van der Waals surface area contributed by atoms with Crippen molar-refractivity contribution in [1.29, 1.82) is 5.26 Å². The van der Waals surface area contributed by atoms with E-state index in [9.17, 15) is 19.6 Å². The summed E-state index contributed by atoms with van der Waals surface area (Å²) in [5.74, 6) is -1.20. The molecule has 1 N–H and O–H groups in total. The molecule has 0 unspecified atom stereocenters. The molecule has 0 radical (unpaired) electrons. The summed E-state index contributed by atoms with van der Waals surface area (Å²) in [5, 5.41) is 12.6. The third kappa shape index (κ3) is 5.63. The number of para-hydroxylation sites is 1. The van der Waals surface area contributed by atoms with E-state index in [1.54, 1.807) is 61.5 Å². The molecule has 1 aliphatic heterocycles. The van der Waals surface area contributed by atoms with Gasteiger partial charge in [-0.2, -0.15) is 5.26 Å². The second-order valence-corrected chi connectivity index (χ2v) is 9.92. The molecular formula is C30H27N3O4S. The third-order valence-electron chi connectivity index (χ3n) is 6.26. The van der Waals surface area contributed by atoms with Gasteiger partial charge in [0.05, 0.1) is 17.4 Å². The predicted molar refractivity (Wildman–Crippen MR) is 149 cm³/mol. The zero-order chi connectivity index (χ0) is 27.2. The quantitative estimate of drug-likeness (QED) is 0.247. The highest BCUT2D eigenvalue weighted by atomic mass is 32.2. The van der Waals surface area contributed by atoms with E-state index in [4.69, 9.17) is 4.74 Å². The van der Waals surface area contributed by atoms with Crippen LogP contribution in [0, 0.1) is 25.2 Å². The molecule has 0 aliphatic carbocycles. The summed E-state index contributed by atoms with van der Waals surface area (Å²) < 4.78 is 5.03. The van der Waals surface area contributed by atoms with Gasteiger partial charge >= 0.3 is 5.97 Å². The summed E-state index contributed by atoms with van der Waals surface area (Å²) in [6.07, 6.45) is 0.358. The molecule has 192 valence electrons. The number of hydrogen-bond acceptors (Lipinski definition) is 6. The number of carbonyl (C=O) groups excluding carboxylic acids is 3. The van der Waals surface area contributed by atoms with E-state index in [2.05, 4.69) is 5.32 Å². The molecule has 0 saturated carbocycles. The van der Waals surface area contributed by atoms with Gasteiger partial charge in [-0.15, -0.1) is 0 Å². The molecule has 7 nitrogen and oxygen atoms in total. The molecule has 1 saturated heterocycles. The smallest absolute Gasteiger partial charge is 0.338 e. The SMILES string of the molecule is CCOC(=O)c1ccc(C[C@@H]2S/C(=C(/C#N)C(=O)Nc3cccc(C)c3C)N(c3ccccc3)C2=O)cc1. The van der Waals surface area contributed by atoms with Crippen molar-refractivity contribution >= 4 is 40.9 Å². The fourth-order valence-electron chi connectivity index (χ4n) is 4.08. The van der Waals surface area contributed by atoms with E-state index in [0.29, 0.717) is 28.4 Å². The van der Waals surface area contributed by atoms with Gasteiger partial charge in [-0.1, -0.05) is 54.2 Å². The van der Waals surface area contributed by atoms with Crippen LogP contribution < -0.4 is 10.2 Å². The first-order valence-electron chi connectivity index (χ1n) is 12.2. The normalized spacial score (nSPS) is 16.1. The molecule has 2 amide bonds. The predicted octanol–water partition coefficient (Wildman–Crippen LogP) is 5.55. The Morgan fingerprint density at radius 1 is 1.03 bits per heavy atom. The number of hydrogen-bond donors (Lipinski definition) is 1. The topological polar surface area (TPSA) is 99.5 Å². The van der Waals surface area contributed by atoms with E-state index in [1.807, 2.05) is 38.1 Å². The van der Waals surface area contributed by atoms with Gasteiger partial charge in [0.1, 0.15) is 16.7 Å². The molecule has 8 heteroatoms. The number of benzene rings is 3. The number of ether oxygens (including phenoxy) is 1. The van der Waals surface area contributed by atoms with Crippen LogP contribution in [-0.2, 0) is 20.7 Å². The minimum atomic E-state index is -0.572. The van der Waals surface area contributed by atoms with Crippen LogP contribution in [0.2, 0.25) is 0 Å². The second-order valence-electron chi connectivity index (χ2n) is 8.73. The van der Waals surface area contributed by atoms with Crippen LogP contribution in [0.15, 0.2) is 83.4 Å². The molecule has 1 fully saturated rings. The number of carbonyl (C=O) groups is 3. The maximum Gasteiger partial charge on any atom is 0.338 e. The Morgan fingerprint density at radius 3 is 2.39 bits per heavy atom. The average Bonchev–Trinajstić information content (AvgIpc) is 3.23. The van der Waals surface area contributed by atoms with Crippen molar-refractivity contribution in [3.63, 3.8) is 0 Å². The van der Waals surface area contributed by atoms with Crippen molar-refractivity contribution < 1.29 is 19.1 Å². The molecular weight excluding hydrogens is 498 g/mol. The number of rotatable bonds is 7. The molecule has 4 rings (SSSR count). The first kappa shape index (κ1) is 26.7. The number of amides is 2. The van der Waals surface area contributed by atoms with Gasteiger partial charge in [0.25, 0.3) is 5.91 Å². The Hall–Kier alpha value is -4.35. The summed E-state index contributed by atoms with van der Waals surface area (Å²) >= 11 is 1.20. The monoisotopic (exact) mass is 525 g/mol. The van der Waals surface area contributed by atoms with Gasteiger partial charge in [-0.3, -0.25) is 14.5 Å². The van der Waals surface area contributed by atoms with Crippen LogP contribution in [0.4, 0.5) is 11.4 Å².